The number of carbonyl (C=O) groups excluding carboxylic acids is 1. The van der Waals surface area contributed by atoms with Crippen LogP contribution in [0.15, 0.2) is 11.4 Å². The first kappa shape index (κ1) is 14.9. The first-order chi connectivity index (χ1) is 8.52. The Morgan fingerprint density at radius 2 is 2.33 bits per heavy atom. The van der Waals surface area contributed by atoms with Crippen LogP contribution in [0.1, 0.15) is 11.3 Å². The summed E-state index contributed by atoms with van der Waals surface area (Å²) in [6.45, 7) is -0.0497. The maximum absolute atomic E-state index is 11.6. The molecule has 1 aromatic heterocycles. The molecule has 0 saturated heterocycles. The molecule has 0 fully saturated rings. The van der Waals surface area contributed by atoms with E-state index in [-0.39, 0.29) is 18.9 Å². The van der Waals surface area contributed by atoms with Crippen molar-refractivity contribution < 1.29 is 19.4 Å². The van der Waals surface area contributed by atoms with Crippen LogP contribution in [-0.4, -0.2) is 36.7 Å². The van der Waals surface area contributed by atoms with Crippen molar-refractivity contribution in [2.75, 3.05) is 13.7 Å². The third-order valence-electron chi connectivity index (χ3n) is 2.19. The Morgan fingerprint density at radius 3 is 2.83 bits per heavy atom. The van der Waals surface area contributed by atoms with Crippen molar-refractivity contribution in [3.63, 3.8) is 0 Å². The second-order valence-corrected chi connectivity index (χ2v) is 5.08. The van der Waals surface area contributed by atoms with Crippen molar-refractivity contribution in [2.24, 2.45) is 0 Å². The number of amides is 1. The number of nitrogens with one attached hydrogen (secondary N) is 1. The number of hydrogen-bond acceptors (Lipinski definition) is 4. The highest BCUT2D eigenvalue weighted by Crippen LogP contribution is 2.20. The molecular weight excluding hydrogens is 278 g/mol. The molecule has 0 bridgehead atoms. The molecule has 1 rings (SSSR count). The predicted octanol–water partition coefficient (Wildman–Crippen LogP) is 1.55. The fourth-order valence-electron chi connectivity index (χ4n) is 1.33. The van der Waals surface area contributed by atoms with Gasteiger partial charge in [0.2, 0.25) is 5.91 Å². The summed E-state index contributed by atoms with van der Waals surface area (Å²) in [5, 5.41) is 13.7. The summed E-state index contributed by atoms with van der Waals surface area (Å²) in [5.74, 6) is -1.42. The van der Waals surface area contributed by atoms with Crippen LogP contribution >= 0.6 is 22.9 Å². The molecule has 0 aliphatic rings. The molecule has 0 aliphatic carbocycles. The number of carboxylic acid groups (broad SMARTS) is 1. The summed E-state index contributed by atoms with van der Waals surface area (Å²) in [7, 11) is 1.38. The zero-order valence-electron chi connectivity index (χ0n) is 9.81. The van der Waals surface area contributed by atoms with E-state index in [0.717, 1.165) is 4.88 Å². The second kappa shape index (κ2) is 7.35. The van der Waals surface area contributed by atoms with Gasteiger partial charge in [-0.25, -0.2) is 4.79 Å². The first-order valence-electron chi connectivity index (χ1n) is 5.27. The molecule has 1 aromatic rings. The van der Waals surface area contributed by atoms with Gasteiger partial charge >= 0.3 is 5.97 Å². The largest absolute Gasteiger partial charge is 0.480 e. The zero-order chi connectivity index (χ0) is 13.5. The minimum atomic E-state index is -1.11. The maximum Gasteiger partial charge on any atom is 0.328 e. The van der Waals surface area contributed by atoms with E-state index >= 15 is 0 Å². The van der Waals surface area contributed by atoms with E-state index in [1.165, 1.54) is 18.4 Å². The van der Waals surface area contributed by atoms with Crippen molar-refractivity contribution in [2.45, 2.75) is 18.9 Å². The van der Waals surface area contributed by atoms with E-state index in [2.05, 4.69) is 5.32 Å². The minimum Gasteiger partial charge on any atom is -0.480 e. The molecule has 1 amide bonds. The third-order valence-corrected chi connectivity index (χ3v) is 3.53. The van der Waals surface area contributed by atoms with Gasteiger partial charge in [0.05, 0.1) is 11.6 Å². The third kappa shape index (κ3) is 5.03. The van der Waals surface area contributed by atoms with Crippen LogP contribution in [-0.2, 0) is 20.7 Å². The van der Waals surface area contributed by atoms with Gasteiger partial charge in [0, 0.05) is 23.8 Å². The number of carboxylic acids is 1. The number of ether oxygens (including phenoxy) is 1. The number of hydrogen-bond donors (Lipinski definition) is 2. The molecule has 0 aliphatic heterocycles. The molecule has 0 aromatic carbocycles. The van der Waals surface area contributed by atoms with Crippen molar-refractivity contribution in [3.8, 4) is 0 Å². The lowest BCUT2D eigenvalue weighted by Gasteiger charge is -2.13. The lowest BCUT2D eigenvalue weighted by atomic mass is 10.2. The molecule has 7 heteroatoms. The van der Waals surface area contributed by atoms with Crippen LogP contribution in [0.5, 0.6) is 0 Å². The lowest BCUT2D eigenvalue weighted by Crippen LogP contribution is -2.43. The normalized spacial score (nSPS) is 12.1. The van der Waals surface area contributed by atoms with Crippen molar-refractivity contribution in [1.82, 2.24) is 5.32 Å². The highest BCUT2D eigenvalue weighted by molar-refractivity contribution is 7.10. The molecule has 5 nitrogen and oxygen atoms in total. The van der Waals surface area contributed by atoms with E-state index in [0.29, 0.717) is 11.4 Å². The average molecular weight is 292 g/mol. The van der Waals surface area contributed by atoms with Gasteiger partial charge in [-0.1, -0.05) is 11.6 Å². The van der Waals surface area contributed by atoms with Gasteiger partial charge in [-0.15, -0.1) is 11.3 Å². The second-order valence-electron chi connectivity index (χ2n) is 3.64. The Morgan fingerprint density at radius 1 is 1.61 bits per heavy atom. The van der Waals surface area contributed by atoms with Gasteiger partial charge in [0.15, 0.2) is 6.04 Å². The predicted molar refractivity (Wildman–Crippen MR) is 69.1 cm³/mol. The van der Waals surface area contributed by atoms with E-state index < -0.39 is 12.0 Å². The number of methoxy groups -OCH3 is 1. The number of carbonyl (C=O) groups is 2. The summed E-state index contributed by atoms with van der Waals surface area (Å²) < 4.78 is 4.72. The highest BCUT2D eigenvalue weighted by Gasteiger charge is 2.19. The molecule has 2 N–H and O–H groups in total. The number of aliphatic carboxylic acids is 1. The summed E-state index contributed by atoms with van der Waals surface area (Å²) in [5.41, 5.74) is 0. The summed E-state index contributed by atoms with van der Waals surface area (Å²) in [6.07, 6.45) is 0.771. The highest BCUT2D eigenvalue weighted by atomic mass is 35.5. The molecule has 1 unspecified atom stereocenters. The quantitative estimate of drug-likeness (QED) is 0.799. The van der Waals surface area contributed by atoms with Crippen molar-refractivity contribution >= 4 is 34.8 Å². The van der Waals surface area contributed by atoms with E-state index in [1.54, 1.807) is 11.4 Å². The van der Waals surface area contributed by atoms with Gasteiger partial charge < -0.3 is 15.2 Å². The number of rotatable bonds is 7. The van der Waals surface area contributed by atoms with Crippen molar-refractivity contribution in [3.05, 3.63) is 21.3 Å². The standard InChI is InChI=1S/C11H14ClNO4S/c1-17-5-9(11(15)16)13-10(14)3-2-8-4-7(12)6-18-8/h4,6,9H,2-3,5H2,1H3,(H,13,14)(H,15,16). The smallest absolute Gasteiger partial charge is 0.328 e. The van der Waals surface area contributed by atoms with E-state index in [4.69, 9.17) is 21.4 Å². The Kier molecular flexibility index (Phi) is 6.11. The Labute approximate surface area is 114 Å². The summed E-state index contributed by atoms with van der Waals surface area (Å²) >= 11 is 7.23. The van der Waals surface area contributed by atoms with Crippen molar-refractivity contribution in [1.29, 1.82) is 0 Å². The summed E-state index contributed by atoms with van der Waals surface area (Å²) in [4.78, 5) is 23.3. The van der Waals surface area contributed by atoms with Gasteiger partial charge in [0.1, 0.15) is 0 Å². The van der Waals surface area contributed by atoms with Crippen LogP contribution in [0.25, 0.3) is 0 Å². The zero-order valence-corrected chi connectivity index (χ0v) is 11.4. The maximum atomic E-state index is 11.6. The molecule has 0 saturated carbocycles. The number of thiophene rings is 1. The van der Waals surface area contributed by atoms with E-state index in [9.17, 15) is 9.59 Å². The molecule has 1 atom stereocenters. The van der Waals surface area contributed by atoms with Crippen LogP contribution in [0.3, 0.4) is 0 Å². The van der Waals surface area contributed by atoms with Gasteiger partial charge in [0.25, 0.3) is 0 Å². The monoisotopic (exact) mass is 291 g/mol. The SMILES string of the molecule is COCC(NC(=O)CCc1cc(Cl)cs1)C(=O)O. The average Bonchev–Trinajstić information content (AvgIpc) is 2.72. The van der Waals surface area contributed by atoms with Gasteiger partial charge in [-0.05, 0) is 12.5 Å². The Bertz CT molecular complexity index is 421. The lowest BCUT2D eigenvalue weighted by molar-refractivity contribution is -0.143. The van der Waals surface area contributed by atoms with E-state index in [1.807, 2.05) is 0 Å². The van der Waals surface area contributed by atoms with Gasteiger partial charge in [-0.2, -0.15) is 0 Å². The number of aryl methyl sites for hydroxylation is 1. The van der Waals surface area contributed by atoms with Gasteiger partial charge in [-0.3, -0.25) is 4.79 Å². The van der Waals surface area contributed by atoms with Crippen LogP contribution < -0.4 is 5.32 Å². The fourth-order valence-corrected chi connectivity index (χ4v) is 2.41. The Balaban J connectivity index is 2.38. The van der Waals surface area contributed by atoms with Crippen LogP contribution in [0, 0.1) is 0 Å². The topological polar surface area (TPSA) is 75.6 Å². The molecule has 1 heterocycles. The van der Waals surface area contributed by atoms with Crippen LogP contribution in [0.4, 0.5) is 0 Å². The number of halogens is 1. The minimum absolute atomic E-state index is 0.0497. The molecular formula is C11H14ClNO4S. The molecule has 0 spiro atoms. The molecule has 0 radical (unpaired) electrons. The molecule has 18 heavy (non-hydrogen) atoms. The molecule has 100 valence electrons. The summed E-state index contributed by atoms with van der Waals surface area (Å²) in [6, 6.07) is 0.790. The Hall–Kier alpha value is -1.11. The first-order valence-corrected chi connectivity index (χ1v) is 6.52. The van der Waals surface area contributed by atoms with Crippen LogP contribution in [0.2, 0.25) is 5.02 Å². The fraction of sp³-hybridized carbons (Fsp3) is 0.455.